The summed E-state index contributed by atoms with van der Waals surface area (Å²) in [6.45, 7) is 2.22. The van der Waals surface area contributed by atoms with Crippen LogP contribution < -0.4 is 5.63 Å². The molecule has 84 valence electrons. The molecule has 3 nitrogen and oxygen atoms in total. The smallest absolute Gasteiger partial charge is 0.336 e. The van der Waals surface area contributed by atoms with Gasteiger partial charge in [0.15, 0.2) is 0 Å². The van der Waals surface area contributed by atoms with E-state index < -0.39 is 0 Å². The van der Waals surface area contributed by atoms with E-state index in [1.807, 2.05) is 6.07 Å². The Morgan fingerprint density at radius 1 is 1.31 bits per heavy atom. The Hall–Kier alpha value is -1.19. The van der Waals surface area contributed by atoms with E-state index in [4.69, 9.17) is 27.7 Å². The lowest BCUT2D eigenvalue weighted by molar-refractivity contribution is 0.261. The molecule has 16 heavy (non-hydrogen) atoms. The zero-order chi connectivity index (χ0) is 11.7. The summed E-state index contributed by atoms with van der Waals surface area (Å²) in [5.74, 6) is 0. The molecule has 0 atom stereocenters. The summed E-state index contributed by atoms with van der Waals surface area (Å²) in [4.78, 5) is 11.0. The summed E-state index contributed by atoms with van der Waals surface area (Å²) in [6, 6.07) is 6.66. The van der Waals surface area contributed by atoms with Crippen LogP contribution in [0.4, 0.5) is 0 Å². The maximum atomic E-state index is 11.0. The lowest BCUT2D eigenvalue weighted by Gasteiger charge is -2.05. The first kappa shape index (κ1) is 11.3. The van der Waals surface area contributed by atoms with Gasteiger partial charge in [0.25, 0.3) is 0 Å². The van der Waals surface area contributed by atoms with Gasteiger partial charge < -0.3 is 4.52 Å². The van der Waals surface area contributed by atoms with Gasteiger partial charge in [-0.25, -0.2) is 9.53 Å². The van der Waals surface area contributed by atoms with Crippen molar-refractivity contribution in [2.24, 2.45) is 0 Å². The van der Waals surface area contributed by atoms with E-state index in [1.54, 1.807) is 19.1 Å². The summed E-state index contributed by atoms with van der Waals surface area (Å²) < 4.78 is 6.47. The molecular weight excluding hydrogens is 249 g/mol. The molecule has 0 spiro atoms. The van der Waals surface area contributed by atoms with Gasteiger partial charge in [-0.2, -0.15) is 0 Å². The van der Waals surface area contributed by atoms with Gasteiger partial charge in [0.05, 0.1) is 12.2 Å². The van der Waals surface area contributed by atoms with Gasteiger partial charge in [0.2, 0.25) is 0 Å². The highest BCUT2D eigenvalue weighted by atomic mass is 35.5. The second-order valence-corrected chi connectivity index (χ2v) is 4.31. The third kappa shape index (κ3) is 2.31. The van der Waals surface area contributed by atoms with Gasteiger partial charge in [0.1, 0.15) is 0 Å². The van der Waals surface area contributed by atoms with Crippen molar-refractivity contribution in [2.45, 2.75) is 13.5 Å². The van der Waals surface area contributed by atoms with Crippen LogP contribution in [0.3, 0.4) is 0 Å². The second kappa shape index (κ2) is 4.36. The molecule has 5 heteroatoms. The van der Waals surface area contributed by atoms with E-state index >= 15 is 0 Å². The molecule has 1 aromatic heterocycles. The molecule has 2 aromatic rings. The van der Waals surface area contributed by atoms with Crippen molar-refractivity contribution in [3.8, 4) is 0 Å². The SMILES string of the molecule is Cc1cc(=O)on1Cc1ccc(Cl)cc1Cl. The molecule has 0 unspecified atom stereocenters. The van der Waals surface area contributed by atoms with Gasteiger partial charge in [-0.1, -0.05) is 29.3 Å². The van der Waals surface area contributed by atoms with Crippen molar-refractivity contribution < 1.29 is 4.52 Å². The number of hydrogen-bond acceptors (Lipinski definition) is 2. The normalized spacial score (nSPS) is 10.7. The largest absolute Gasteiger partial charge is 0.357 e. The van der Waals surface area contributed by atoms with Gasteiger partial charge in [-0.15, -0.1) is 0 Å². The third-order valence-corrected chi connectivity index (χ3v) is 2.84. The molecule has 0 N–H and O–H groups in total. The average molecular weight is 258 g/mol. The molecule has 1 aromatic carbocycles. The first-order valence-corrected chi connectivity index (χ1v) is 5.43. The molecule has 0 saturated carbocycles. The van der Waals surface area contributed by atoms with E-state index in [9.17, 15) is 4.79 Å². The zero-order valence-corrected chi connectivity index (χ0v) is 10.0. The Bertz CT molecular complexity index is 572. The van der Waals surface area contributed by atoms with Crippen molar-refractivity contribution in [1.29, 1.82) is 0 Å². The van der Waals surface area contributed by atoms with Crippen LogP contribution in [0.15, 0.2) is 33.6 Å². The predicted molar refractivity (Wildman–Crippen MR) is 63.3 cm³/mol. The van der Waals surface area contributed by atoms with Gasteiger partial charge >= 0.3 is 5.63 Å². The Balaban J connectivity index is 2.34. The number of aromatic nitrogens is 1. The number of benzene rings is 1. The lowest BCUT2D eigenvalue weighted by Crippen LogP contribution is -2.01. The van der Waals surface area contributed by atoms with E-state index in [0.717, 1.165) is 11.3 Å². The minimum Gasteiger partial charge on any atom is -0.336 e. The predicted octanol–water partition coefficient (Wildman–Crippen LogP) is 3.10. The number of halogens is 2. The van der Waals surface area contributed by atoms with Crippen LogP contribution in [0.25, 0.3) is 0 Å². The second-order valence-electron chi connectivity index (χ2n) is 3.47. The summed E-state index contributed by atoms with van der Waals surface area (Å²) in [7, 11) is 0. The maximum absolute atomic E-state index is 11.0. The van der Waals surface area contributed by atoms with Crippen molar-refractivity contribution in [1.82, 2.24) is 4.74 Å². The molecule has 0 saturated heterocycles. The molecule has 0 aliphatic rings. The van der Waals surface area contributed by atoms with E-state index in [2.05, 4.69) is 0 Å². The number of nitrogens with zero attached hydrogens (tertiary/aromatic N) is 1. The first-order chi connectivity index (χ1) is 7.56. The fourth-order valence-electron chi connectivity index (χ4n) is 1.41. The molecule has 0 aliphatic heterocycles. The van der Waals surface area contributed by atoms with Crippen molar-refractivity contribution >= 4 is 23.2 Å². The van der Waals surface area contributed by atoms with Crippen LogP contribution in [0.5, 0.6) is 0 Å². The van der Waals surface area contributed by atoms with Crippen LogP contribution in [-0.4, -0.2) is 4.74 Å². The molecule has 0 aliphatic carbocycles. The fraction of sp³-hybridized carbons (Fsp3) is 0.182. The molecule has 2 rings (SSSR count). The highest BCUT2D eigenvalue weighted by Gasteiger charge is 2.06. The van der Waals surface area contributed by atoms with Crippen LogP contribution in [0, 0.1) is 6.92 Å². The third-order valence-electron chi connectivity index (χ3n) is 2.25. The van der Waals surface area contributed by atoms with Gasteiger partial charge in [-0.05, 0) is 24.6 Å². The minimum atomic E-state index is -0.359. The van der Waals surface area contributed by atoms with Crippen LogP contribution in [-0.2, 0) is 6.54 Å². The zero-order valence-electron chi connectivity index (χ0n) is 8.54. The summed E-state index contributed by atoms with van der Waals surface area (Å²) >= 11 is 11.8. The maximum Gasteiger partial charge on any atom is 0.357 e. The number of hydrogen-bond donors (Lipinski definition) is 0. The van der Waals surface area contributed by atoms with Crippen LogP contribution >= 0.6 is 23.2 Å². The van der Waals surface area contributed by atoms with Gasteiger partial charge in [-0.3, -0.25) is 0 Å². The Morgan fingerprint density at radius 2 is 2.06 bits per heavy atom. The average Bonchev–Trinajstić information content (AvgIpc) is 2.50. The topological polar surface area (TPSA) is 35.1 Å². The first-order valence-electron chi connectivity index (χ1n) is 4.68. The van der Waals surface area contributed by atoms with E-state index in [0.29, 0.717) is 16.6 Å². The summed E-state index contributed by atoms with van der Waals surface area (Å²) in [5, 5.41) is 1.14. The lowest BCUT2D eigenvalue weighted by atomic mass is 10.2. The molecule has 0 fully saturated rings. The quantitative estimate of drug-likeness (QED) is 0.829. The molecular formula is C11H9Cl2NO2. The highest BCUT2D eigenvalue weighted by Crippen LogP contribution is 2.21. The Morgan fingerprint density at radius 3 is 2.62 bits per heavy atom. The molecule has 1 heterocycles. The Kier molecular flexibility index (Phi) is 3.08. The highest BCUT2D eigenvalue weighted by molar-refractivity contribution is 6.35. The molecule has 0 radical (unpaired) electrons. The van der Waals surface area contributed by atoms with E-state index in [1.165, 1.54) is 10.8 Å². The molecule has 0 bridgehead atoms. The number of rotatable bonds is 2. The van der Waals surface area contributed by atoms with Crippen LogP contribution in [0.2, 0.25) is 10.0 Å². The fourth-order valence-corrected chi connectivity index (χ4v) is 1.88. The van der Waals surface area contributed by atoms with Gasteiger partial charge in [0, 0.05) is 16.1 Å². The summed E-state index contributed by atoms with van der Waals surface area (Å²) in [5.41, 5.74) is 1.26. The van der Waals surface area contributed by atoms with Crippen molar-refractivity contribution in [3.63, 3.8) is 0 Å². The number of aryl methyl sites for hydroxylation is 1. The monoisotopic (exact) mass is 257 g/mol. The van der Waals surface area contributed by atoms with Crippen LogP contribution in [0.1, 0.15) is 11.3 Å². The Labute approximate surface area is 102 Å². The van der Waals surface area contributed by atoms with Crippen molar-refractivity contribution in [2.75, 3.05) is 0 Å². The standard InChI is InChI=1S/C11H9Cl2NO2/c1-7-4-11(15)16-14(7)6-8-2-3-9(12)5-10(8)13/h2-5H,6H2,1H3. The summed E-state index contributed by atoms with van der Waals surface area (Å²) in [6.07, 6.45) is 0. The minimum absolute atomic E-state index is 0.359. The van der Waals surface area contributed by atoms with Crippen molar-refractivity contribution in [3.05, 3.63) is 56.0 Å². The molecule has 0 amide bonds. The van der Waals surface area contributed by atoms with E-state index in [-0.39, 0.29) is 5.63 Å².